The molecule has 93 heavy (non-hydrogen) atoms. The van der Waals surface area contributed by atoms with Crippen molar-refractivity contribution in [3.05, 3.63) is 289 Å². The first-order chi connectivity index (χ1) is 45.1. The summed E-state index contributed by atoms with van der Waals surface area (Å²) in [6.45, 7) is 27.3. The van der Waals surface area contributed by atoms with Crippen molar-refractivity contribution >= 4 is 0 Å². The molecule has 0 saturated carbocycles. The molecule has 0 atom stereocenters. The third-order valence-electron chi connectivity index (χ3n) is 18.7. The lowest BCUT2D eigenvalue weighted by atomic mass is 9.86. The zero-order valence-electron chi connectivity index (χ0n) is 55.9. The van der Waals surface area contributed by atoms with Gasteiger partial charge in [-0.25, -0.2) is 15.0 Å². The lowest BCUT2D eigenvalue weighted by molar-refractivity contribution is 0.806. The molecule has 6 heteroatoms. The van der Waals surface area contributed by atoms with Crippen LogP contribution in [0.1, 0.15) is 152 Å². The Labute approximate surface area is 551 Å². The van der Waals surface area contributed by atoms with E-state index in [1.807, 2.05) is 18.6 Å². The third-order valence-corrected chi connectivity index (χ3v) is 18.7. The largest absolute Gasteiger partial charge is 0.299 e. The van der Waals surface area contributed by atoms with E-state index in [0.29, 0.717) is 35.5 Å². The molecule has 3 aromatic heterocycles. The van der Waals surface area contributed by atoms with Crippen molar-refractivity contribution in [2.75, 3.05) is 0 Å². The Hall–Kier alpha value is -10.2. The molecule has 6 nitrogen and oxygen atoms in total. The molecular formula is C87H84N6. The lowest BCUT2D eigenvalue weighted by Gasteiger charge is -2.22. The first-order valence-corrected chi connectivity index (χ1v) is 33.4. The topological polar surface area (TPSA) is 53.5 Å². The number of benzene rings is 10. The molecule has 0 aliphatic heterocycles. The van der Waals surface area contributed by atoms with Gasteiger partial charge in [-0.15, -0.1) is 0 Å². The van der Waals surface area contributed by atoms with E-state index in [0.717, 1.165) is 101 Å². The van der Waals surface area contributed by atoms with Gasteiger partial charge in [0.2, 0.25) is 0 Å². The molecule has 0 bridgehead atoms. The monoisotopic (exact) mass is 1210 g/mol. The average molecular weight is 1210 g/mol. The smallest absolute Gasteiger partial charge is 0.144 e. The number of hydrogen-bond acceptors (Lipinski definition) is 3. The second-order valence-electron chi connectivity index (χ2n) is 26.8. The normalized spacial score (nSPS) is 11.8. The SMILES string of the molecule is CC(C)c1cccc(C(C)C)c1-n1ccnc1-c1ccc(-c2ccccc2-c2cc(-c3ccccc3-c3ccc(-c4nccn4-c4c(C(C)C)cccc4C(C)C)cc3)cc(-c3ccccc3-c3ccc(-c4nccn4-c4c(C(C)C)cccc4C(C)C)cc3)c2)cc1. The fourth-order valence-electron chi connectivity index (χ4n) is 13.9. The minimum absolute atomic E-state index is 0.352. The van der Waals surface area contributed by atoms with Crippen molar-refractivity contribution in [3.63, 3.8) is 0 Å². The highest BCUT2D eigenvalue weighted by molar-refractivity contribution is 5.94. The Morgan fingerprint density at radius 2 is 0.409 bits per heavy atom. The highest BCUT2D eigenvalue weighted by Gasteiger charge is 2.24. The molecule has 0 spiro atoms. The highest BCUT2D eigenvalue weighted by atomic mass is 15.1. The molecule has 462 valence electrons. The van der Waals surface area contributed by atoms with Crippen LogP contribution < -0.4 is 0 Å². The third kappa shape index (κ3) is 12.0. The first-order valence-electron chi connectivity index (χ1n) is 33.4. The molecule has 13 rings (SSSR count). The van der Waals surface area contributed by atoms with E-state index >= 15 is 0 Å². The number of rotatable bonds is 18. The van der Waals surface area contributed by atoms with Crippen LogP contribution >= 0.6 is 0 Å². The van der Waals surface area contributed by atoms with Gasteiger partial charge in [0.25, 0.3) is 0 Å². The molecule has 0 aliphatic rings. The summed E-state index contributed by atoms with van der Waals surface area (Å²) in [6, 6.07) is 81.1. The summed E-state index contributed by atoms with van der Waals surface area (Å²) in [5.41, 5.74) is 28.5. The Morgan fingerprint density at radius 3 is 0.613 bits per heavy atom. The predicted molar refractivity (Wildman–Crippen MR) is 391 cm³/mol. The van der Waals surface area contributed by atoms with Gasteiger partial charge >= 0.3 is 0 Å². The maximum atomic E-state index is 5.01. The summed E-state index contributed by atoms with van der Waals surface area (Å²) < 4.78 is 6.91. The number of aromatic nitrogens is 6. The standard InChI is InChI=1S/C87H84N6/c1-55(2)70-28-19-29-71(56(3)4)82(70)91-49-46-88-85(91)64-40-34-61(35-41-64)76-22-13-16-25-79(76)67-52-68(80-26-17-14-23-77(80)62-36-42-65(43-37-62)86-89-47-50-92(86)83-72(57(5)6)30-20-31-73(83)58(7)8)54-69(53-67)81-27-18-15-24-78(81)63-38-44-66(45-39-63)87-90-48-51-93(87)84-74(59(9)10)32-21-33-75(84)60(11)12/h13-60H,1-12H3. The van der Waals surface area contributed by atoms with Crippen molar-refractivity contribution < 1.29 is 0 Å². The Kier molecular flexibility index (Phi) is 17.4. The summed E-state index contributed by atoms with van der Waals surface area (Å²) in [6.07, 6.45) is 12.2. The molecule has 0 fully saturated rings. The van der Waals surface area contributed by atoms with E-state index < -0.39 is 0 Å². The van der Waals surface area contributed by atoms with E-state index in [1.165, 1.54) is 50.4 Å². The molecule has 0 saturated heterocycles. The number of para-hydroxylation sites is 3. The van der Waals surface area contributed by atoms with Crippen LogP contribution in [0.25, 0.3) is 118 Å². The van der Waals surface area contributed by atoms with Crippen LogP contribution in [0.5, 0.6) is 0 Å². The molecular weight excluding hydrogens is 1130 g/mol. The van der Waals surface area contributed by atoms with E-state index in [2.05, 4.69) is 334 Å². The van der Waals surface area contributed by atoms with Crippen molar-refractivity contribution in [1.82, 2.24) is 28.7 Å². The molecule has 10 aromatic carbocycles. The average Bonchev–Trinajstić information content (AvgIpc) is 1.81. The van der Waals surface area contributed by atoms with Crippen LogP contribution in [0.4, 0.5) is 0 Å². The minimum atomic E-state index is 0.352. The molecule has 13 aromatic rings. The fraction of sp³-hybridized carbons (Fsp3) is 0.207. The van der Waals surface area contributed by atoms with E-state index in [1.54, 1.807) is 0 Å². The van der Waals surface area contributed by atoms with Crippen LogP contribution in [0.2, 0.25) is 0 Å². The van der Waals surface area contributed by atoms with Gasteiger partial charge in [0, 0.05) is 53.9 Å². The molecule has 0 aliphatic carbocycles. The molecule has 0 N–H and O–H groups in total. The number of imidazole rings is 3. The van der Waals surface area contributed by atoms with Gasteiger partial charge in [0.1, 0.15) is 17.5 Å². The Balaban J connectivity index is 0.921. The summed E-state index contributed by atoms with van der Waals surface area (Å²) in [5.74, 6) is 4.91. The van der Waals surface area contributed by atoms with Gasteiger partial charge in [0.15, 0.2) is 0 Å². The van der Waals surface area contributed by atoms with Crippen LogP contribution in [0.3, 0.4) is 0 Å². The van der Waals surface area contributed by atoms with Gasteiger partial charge in [-0.05, 0) is 154 Å². The van der Waals surface area contributed by atoms with Gasteiger partial charge < -0.3 is 0 Å². The van der Waals surface area contributed by atoms with Gasteiger partial charge in [-0.3, -0.25) is 13.7 Å². The van der Waals surface area contributed by atoms with Gasteiger partial charge in [0.05, 0.1) is 17.1 Å². The van der Waals surface area contributed by atoms with Gasteiger partial charge in [-0.1, -0.05) is 283 Å². The maximum absolute atomic E-state index is 5.01. The minimum Gasteiger partial charge on any atom is -0.299 e. The molecule has 3 heterocycles. The summed E-state index contributed by atoms with van der Waals surface area (Å²) in [7, 11) is 0. The highest BCUT2D eigenvalue weighted by Crippen LogP contribution is 2.45. The van der Waals surface area contributed by atoms with Crippen molar-refractivity contribution in [3.8, 4) is 118 Å². The van der Waals surface area contributed by atoms with Crippen molar-refractivity contribution in [2.45, 2.75) is 119 Å². The Bertz CT molecular complexity index is 4220. The van der Waals surface area contributed by atoms with Crippen LogP contribution in [-0.2, 0) is 0 Å². The van der Waals surface area contributed by atoms with E-state index in [-0.39, 0.29) is 0 Å². The second-order valence-corrected chi connectivity index (χ2v) is 26.8. The second kappa shape index (κ2) is 26.2. The maximum Gasteiger partial charge on any atom is 0.144 e. The fourth-order valence-corrected chi connectivity index (χ4v) is 13.9. The summed E-state index contributed by atoms with van der Waals surface area (Å²) >= 11 is 0. The van der Waals surface area contributed by atoms with Crippen LogP contribution in [0.15, 0.2) is 256 Å². The van der Waals surface area contributed by atoms with E-state index in [4.69, 9.17) is 15.0 Å². The zero-order valence-corrected chi connectivity index (χ0v) is 55.9. The predicted octanol–water partition coefficient (Wildman–Crippen LogP) is 24.0. The summed E-state index contributed by atoms with van der Waals surface area (Å²) in [4.78, 5) is 15.0. The zero-order chi connectivity index (χ0) is 64.6. The molecule has 0 unspecified atom stereocenters. The Morgan fingerprint density at radius 1 is 0.215 bits per heavy atom. The van der Waals surface area contributed by atoms with Crippen molar-refractivity contribution in [1.29, 1.82) is 0 Å². The quantitative estimate of drug-likeness (QED) is 0.0860. The number of nitrogens with zero attached hydrogens (tertiary/aromatic N) is 6. The lowest BCUT2D eigenvalue weighted by Crippen LogP contribution is -2.07. The molecule has 0 radical (unpaired) electrons. The number of hydrogen-bond donors (Lipinski definition) is 0. The van der Waals surface area contributed by atoms with Crippen LogP contribution in [-0.4, -0.2) is 28.7 Å². The van der Waals surface area contributed by atoms with Crippen LogP contribution in [0, 0.1) is 0 Å². The molecule has 0 amide bonds. The van der Waals surface area contributed by atoms with Gasteiger partial charge in [-0.2, -0.15) is 0 Å². The summed E-state index contributed by atoms with van der Waals surface area (Å²) in [5, 5.41) is 0. The van der Waals surface area contributed by atoms with Crippen molar-refractivity contribution in [2.24, 2.45) is 0 Å². The van der Waals surface area contributed by atoms with E-state index in [9.17, 15) is 0 Å². The first kappa shape index (κ1) is 61.7.